The lowest BCUT2D eigenvalue weighted by Crippen LogP contribution is -2.57. The van der Waals surface area contributed by atoms with Gasteiger partial charge in [-0.15, -0.1) is 0 Å². The summed E-state index contributed by atoms with van der Waals surface area (Å²) in [6.45, 7) is 6.36. The second-order valence-corrected chi connectivity index (χ2v) is 8.19. The maximum absolute atomic E-state index is 13.0. The summed E-state index contributed by atoms with van der Waals surface area (Å²) in [5.74, 6) is -3.02. The van der Waals surface area contributed by atoms with E-state index in [1.165, 1.54) is 13.8 Å². The van der Waals surface area contributed by atoms with Crippen LogP contribution in [0.5, 0.6) is 0 Å². The quantitative estimate of drug-likeness (QED) is 0.307. The number of benzene rings is 1. The summed E-state index contributed by atoms with van der Waals surface area (Å²) in [6, 6.07) is 3.66. The number of hydrogen-bond donors (Lipinski definition) is 6. The third-order valence-electron chi connectivity index (χ3n) is 5.23. The number of carbonyl (C=O) groups is 4. The van der Waals surface area contributed by atoms with Gasteiger partial charge in [0.2, 0.25) is 17.7 Å². The number of carbonyl (C=O) groups excluding carboxylic acids is 3. The molecule has 1 heterocycles. The zero-order chi connectivity index (χ0) is 24.0. The summed E-state index contributed by atoms with van der Waals surface area (Å²) in [5.41, 5.74) is 7.64. The summed E-state index contributed by atoms with van der Waals surface area (Å²) < 4.78 is 0. The second kappa shape index (κ2) is 10.8. The Morgan fingerprint density at radius 2 is 1.56 bits per heavy atom. The molecule has 0 saturated carbocycles. The van der Waals surface area contributed by atoms with E-state index in [0.717, 1.165) is 16.5 Å². The molecule has 0 radical (unpaired) electrons. The van der Waals surface area contributed by atoms with Crippen LogP contribution in [-0.2, 0) is 25.6 Å². The van der Waals surface area contributed by atoms with Crippen molar-refractivity contribution in [2.24, 2.45) is 11.7 Å². The van der Waals surface area contributed by atoms with Crippen molar-refractivity contribution in [3.8, 4) is 0 Å². The fraction of sp³-hybridized carbons (Fsp3) is 0.455. The molecule has 1 aromatic carbocycles. The summed E-state index contributed by atoms with van der Waals surface area (Å²) in [4.78, 5) is 51.9. The Labute approximate surface area is 186 Å². The molecule has 10 nitrogen and oxygen atoms in total. The van der Waals surface area contributed by atoms with Gasteiger partial charge in [0.25, 0.3) is 0 Å². The number of para-hydroxylation sites is 1. The lowest BCUT2D eigenvalue weighted by Gasteiger charge is -2.24. The van der Waals surface area contributed by atoms with E-state index in [4.69, 9.17) is 10.8 Å². The van der Waals surface area contributed by atoms with Gasteiger partial charge in [0.1, 0.15) is 18.1 Å². The fourth-order valence-corrected chi connectivity index (χ4v) is 3.08. The molecule has 174 valence electrons. The van der Waals surface area contributed by atoms with Crippen LogP contribution in [0.2, 0.25) is 0 Å². The van der Waals surface area contributed by atoms with Gasteiger partial charge in [0, 0.05) is 23.5 Å². The molecular weight excluding hydrogens is 414 g/mol. The van der Waals surface area contributed by atoms with E-state index in [-0.39, 0.29) is 12.3 Å². The van der Waals surface area contributed by atoms with Crippen LogP contribution in [0.1, 0.15) is 33.3 Å². The molecule has 1 aromatic heterocycles. The SMILES string of the molecule is CC(NC(=O)C(C)NC(=O)C(Cc1c[nH]c2ccccc12)NC(=O)C(N)C(C)C)C(=O)O. The molecule has 2 rings (SSSR count). The number of nitrogens with two attached hydrogens (primary N) is 1. The minimum absolute atomic E-state index is 0.131. The number of aromatic nitrogens is 1. The Morgan fingerprint density at radius 1 is 0.938 bits per heavy atom. The van der Waals surface area contributed by atoms with Gasteiger partial charge < -0.3 is 31.8 Å². The number of carboxylic acids is 1. The van der Waals surface area contributed by atoms with E-state index in [1.807, 2.05) is 24.3 Å². The standard InChI is InChI=1S/C22H31N5O5/c1-11(2)18(23)21(30)27-17(9-14-10-24-16-8-6-5-7-15(14)16)20(29)25-12(3)19(28)26-13(4)22(31)32/h5-8,10-13,17-18,24H,9,23H2,1-4H3,(H,25,29)(H,26,28)(H,27,30)(H,31,32). The van der Waals surface area contributed by atoms with Crippen LogP contribution in [0.15, 0.2) is 30.5 Å². The Morgan fingerprint density at radius 3 is 2.19 bits per heavy atom. The first-order valence-electron chi connectivity index (χ1n) is 10.5. The molecule has 3 amide bonds. The van der Waals surface area contributed by atoms with Crippen molar-refractivity contribution in [1.82, 2.24) is 20.9 Å². The number of amides is 3. The van der Waals surface area contributed by atoms with Crippen LogP contribution in [0.4, 0.5) is 0 Å². The minimum atomic E-state index is -1.19. The van der Waals surface area contributed by atoms with Gasteiger partial charge >= 0.3 is 5.97 Å². The Bertz CT molecular complexity index is 986. The Kier molecular flexibility index (Phi) is 8.36. The number of carboxylic acid groups (broad SMARTS) is 1. The lowest BCUT2D eigenvalue weighted by molar-refractivity contribution is -0.141. The Hall–Kier alpha value is -3.40. The highest BCUT2D eigenvalue weighted by molar-refractivity contribution is 5.94. The Balaban J connectivity index is 2.19. The first-order chi connectivity index (χ1) is 15.0. The normalized spacial score (nSPS) is 14.9. The average Bonchev–Trinajstić information content (AvgIpc) is 3.15. The largest absolute Gasteiger partial charge is 0.480 e. The van der Waals surface area contributed by atoms with E-state index in [0.29, 0.717) is 0 Å². The number of rotatable bonds is 10. The van der Waals surface area contributed by atoms with Crippen LogP contribution < -0.4 is 21.7 Å². The van der Waals surface area contributed by atoms with Gasteiger partial charge in [-0.25, -0.2) is 0 Å². The molecule has 0 aliphatic carbocycles. The lowest BCUT2D eigenvalue weighted by atomic mass is 10.0. The number of nitrogens with one attached hydrogen (secondary N) is 4. The molecule has 0 saturated heterocycles. The predicted octanol–water partition coefficient (Wildman–Crippen LogP) is 0.273. The average molecular weight is 446 g/mol. The molecule has 10 heteroatoms. The topological polar surface area (TPSA) is 166 Å². The van der Waals surface area contributed by atoms with Crippen LogP contribution in [0, 0.1) is 5.92 Å². The molecule has 32 heavy (non-hydrogen) atoms. The fourth-order valence-electron chi connectivity index (χ4n) is 3.08. The van der Waals surface area contributed by atoms with Crippen LogP contribution in [-0.4, -0.2) is 57.9 Å². The highest BCUT2D eigenvalue weighted by Crippen LogP contribution is 2.19. The molecule has 2 aromatic rings. The minimum Gasteiger partial charge on any atom is -0.480 e. The summed E-state index contributed by atoms with van der Waals surface area (Å²) in [5, 5.41) is 17.4. The van der Waals surface area contributed by atoms with Crippen molar-refractivity contribution >= 4 is 34.6 Å². The maximum Gasteiger partial charge on any atom is 0.325 e. The summed E-state index contributed by atoms with van der Waals surface area (Å²) >= 11 is 0. The highest BCUT2D eigenvalue weighted by Gasteiger charge is 2.29. The molecule has 0 bridgehead atoms. The van der Waals surface area contributed by atoms with Gasteiger partial charge in [-0.3, -0.25) is 19.2 Å². The van der Waals surface area contributed by atoms with Crippen LogP contribution in [0.25, 0.3) is 10.9 Å². The van der Waals surface area contributed by atoms with Gasteiger partial charge in [-0.2, -0.15) is 0 Å². The first kappa shape index (κ1) is 24.9. The third-order valence-corrected chi connectivity index (χ3v) is 5.23. The van der Waals surface area contributed by atoms with Crippen molar-refractivity contribution in [3.05, 3.63) is 36.0 Å². The highest BCUT2D eigenvalue weighted by atomic mass is 16.4. The van der Waals surface area contributed by atoms with Crippen molar-refractivity contribution < 1.29 is 24.3 Å². The molecule has 0 fully saturated rings. The van der Waals surface area contributed by atoms with Crippen molar-refractivity contribution in [3.63, 3.8) is 0 Å². The second-order valence-electron chi connectivity index (χ2n) is 8.19. The molecule has 0 spiro atoms. The molecule has 4 unspecified atom stereocenters. The summed E-state index contributed by atoms with van der Waals surface area (Å²) in [7, 11) is 0. The predicted molar refractivity (Wildman–Crippen MR) is 120 cm³/mol. The van der Waals surface area contributed by atoms with E-state index >= 15 is 0 Å². The van der Waals surface area contributed by atoms with E-state index in [9.17, 15) is 19.2 Å². The molecule has 0 aliphatic rings. The van der Waals surface area contributed by atoms with Gasteiger partial charge in [0.15, 0.2) is 0 Å². The van der Waals surface area contributed by atoms with E-state index in [2.05, 4.69) is 20.9 Å². The van der Waals surface area contributed by atoms with Crippen molar-refractivity contribution in [2.75, 3.05) is 0 Å². The zero-order valence-corrected chi connectivity index (χ0v) is 18.6. The number of aliphatic carboxylic acids is 1. The number of aromatic amines is 1. The van der Waals surface area contributed by atoms with Gasteiger partial charge in [-0.1, -0.05) is 32.0 Å². The van der Waals surface area contributed by atoms with Gasteiger partial charge in [0.05, 0.1) is 6.04 Å². The molecular formula is C22H31N5O5. The number of H-pyrrole nitrogens is 1. The maximum atomic E-state index is 13.0. The van der Waals surface area contributed by atoms with E-state index < -0.39 is 47.9 Å². The smallest absolute Gasteiger partial charge is 0.325 e. The van der Waals surface area contributed by atoms with Crippen molar-refractivity contribution in [2.45, 2.75) is 58.3 Å². The van der Waals surface area contributed by atoms with Gasteiger partial charge in [-0.05, 0) is 31.4 Å². The molecule has 0 aliphatic heterocycles. The first-order valence-corrected chi connectivity index (χ1v) is 10.5. The number of fused-ring (bicyclic) bond motifs is 1. The molecule has 7 N–H and O–H groups in total. The zero-order valence-electron chi connectivity index (χ0n) is 18.6. The van der Waals surface area contributed by atoms with Crippen molar-refractivity contribution in [1.29, 1.82) is 0 Å². The van der Waals surface area contributed by atoms with Crippen LogP contribution in [0.3, 0.4) is 0 Å². The number of hydrogen-bond acceptors (Lipinski definition) is 5. The third kappa shape index (κ3) is 6.30. The van der Waals surface area contributed by atoms with Crippen LogP contribution >= 0.6 is 0 Å². The molecule has 4 atom stereocenters. The van der Waals surface area contributed by atoms with E-state index in [1.54, 1.807) is 20.0 Å². The monoisotopic (exact) mass is 445 g/mol. The summed E-state index contributed by atoms with van der Waals surface area (Å²) in [6.07, 6.45) is 1.94.